The largest absolute Gasteiger partial charge is 0.250 e. The fraction of sp³-hybridized carbons (Fsp3) is 0.571. The topological polar surface area (TPSA) is 25.8 Å². The van der Waals surface area contributed by atoms with Crippen molar-refractivity contribution in [2.45, 2.75) is 107 Å². The Hall–Kier alpha value is -1.96. The van der Waals surface area contributed by atoms with Crippen molar-refractivity contribution >= 4 is 21.8 Å². The number of pyridine rings is 2. The highest BCUT2D eigenvalue weighted by molar-refractivity contribution is 6.09. The van der Waals surface area contributed by atoms with E-state index in [2.05, 4.69) is 55.4 Å². The summed E-state index contributed by atoms with van der Waals surface area (Å²) in [5.74, 6) is 0. The van der Waals surface area contributed by atoms with E-state index in [1.54, 1.807) is 0 Å². The quantitative estimate of drug-likeness (QED) is 0.369. The first-order valence-electron chi connectivity index (χ1n) is 12.4. The van der Waals surface area contributed by atoms with E-state index >= 15 is 0 Å². The Morgan fingerprint density at radius 2 is 0.633 bits per heavy atom. The number of aromatic nitrogens is 2. The third-order valence-electron chi connectivity index (χ3n) is 6.98. The SMILES string of the molecule is CCc1nc2c(c(CC)c1CC)c(CC)c(CC)c1c(CC)c(CC)c(CC)nc12. The summed E-state index contributed by atoms with van der Waals surface area (Å²) in [4.78, 5) is 10.7. The Morgan fingerprint density at radius 1 is 0.367 bits per heavy atom. The Bertz CT molecular complexity index is 989. The van der Waals surface area contributed by atoms with Crippen LogP contribution in [-0.4, -0.2) is 9.97 Å². The number of nitrogens with zero attached hydrogens (tertiary/aromatic N) is 2. The van der Waals surface area contributed by atoms with Gasteiger partial charge in [-0.05, 0) is 84.7 Å². The minimum atomic E-state index is 0.985. The van der Waals surface area contributed by atoms with Crippen molar-refractivity contribution in [2.75, 3.05) is 0 Å². The van der Waals surface area contributed by atoms with E-state index in [1.165, 1.54) is 55.5 Å². The van der Waals surface area contributed by atoms with Crippen LogP contribution in [0.3, 0.4) is 0 Å². The standard InChI is InChI=1S/C28H40N2/c1-9-17-19(11-3)25-21(13-5)22(14-6)26-20(12-4)18(10-2)24(16-8)30-28(26)27(25)29-23(17)15-7/h9-16H2,1-8H3. The molecule has 1 aromatic carbocycles. The van der Waals surface area contributed by atoms with Gasteiger partial charge in [0.05, 0.1) is 11.0 Å². The fourth-order valence-electron chi connectivity index (χ4n) is 5.73. The van der Waals surface area contributed by atoms with E-state index in [9.17, 15) is 0 Å². The number of benzene rings is 1. The molecule has 0 fully saturated rings. The molecular formula is C28H40N2. The molecule has 2 aromatic heterocycles. The molecule has 0 bridgehead atoms. The van der Waals surface area contributed by atoms with Gasteiger partial charge in [0, 0.05) is 22.2 Å². The van der Waals surface area contributed by atoms with Gasteiger partial charge in [0.15, 0.2) is 0 Å². The molecule has 0 N–H and O–H groups in total. The summed E-state index contributed by atoms with van der Waals surface area (Å²) in [6.45, 7) is 18.3. The van der Waals surface area contributed by atoms with E-state index in [0.29, 0.717) is 0 Å². The summed E-state index contributed by atoms with van der Waals surface area (Å²) in [5, 5.41) is 2.83. The summed E-state index contributed by atoms with van der Waals surface area (Å²) in [5.41, 5.74) is 13.9. The Balaban J connectivity index is 2.74. The van der Waals surface area contributed by atoms with E-state index in [1.807, 2.05) is 0 Å². The molecule has 0 unspecified atom stereocenters. The predicted molar refractivity (Wildman–Crippen MR) is 132 cm³/mol. The summed E-state index contributed by atoms with van der Waals surface area (Å²) in [6.07, 6.45) is 8.31. The molecule has 2 heteroatoms. The van der Waals surface area contributed by atoms with E-state index in [0.717, 1.165) is 62.4 Å². The normalized spacial score (nSPS) is 11.7. The van der Waals surface area contributed by atoms with Crippen LogP contribution >= 0.6 is 0 Å². The minimum Gasteiger partial charge on any atom is -0.250 e. The van der Waals surface area contributed by atoms with Crippen LogP contribution < -0.4 is 0 Å². The third-order valence-corrected chi connectivity index (χ3v) is 6.98. The van der Waals surface area contributed by atoms with Crippen LogP contribution in [0.4, 0.5) is 0 Å². The molecule has 0 atom stereocenters. The lowest BCUT2D eigenvalue weighted by atomic mass is 9.84. The zero-order chi connectivity index (χ0) is 22.0. The van der Waals surface area contributed by atoms with Crippen LogP contribution in [0, 0.1) is 0 Å². The summed E-state index contributed by atoms with van der Waals surface area (Å²) in [6, 6.07) is 0. The van der Waals surface area contributed by atoms with E-state index in [-0.39, 0.29) is 0 Å². The Labute approximate surface area is 183 Å². The van der Waals surface area contributed by atoms with Crippen LogP contribution in [0.5, 0.6) is 0 Å². The van der Waals surface area contributed by atoms with Crippen LogP contribution in [0.1, 0.15) is 100 Å². The molecular weight excluding hydrogens is 364 g/mol. The molecule has 2 nitrogen and oxygen atoms in total. The van der Waals surface area contributed by atoms with Crippen LogP contribution in [0.15, 0.2) is 0 Å². The zero-order valence-electron chi connectivity index (χ0n) is 20.6. The summed E-state index contributed by atoms with van der Waals surface area (Å²) < 4.78 is 0. The average Bonchev–Trinajstić information content (AvgIpc) is 2.79. The fourth-order valence-corrected chi connectivity index (χ4v) is 5.73. The lowest BCUT2D eigenvalue weighted by Crippen LogP contribution is -2.11. The van der Waals surface area contributed by atoms with Gasteiger partial charge in [-0.1, -0.05) is 55.4 Å². The first-order chi connectivity index (χ1) is 14.6. The van der Waals surface area contributed by atoms with Crippen molar-refractivity contribution < 1.29 is 0 Å². The number of rotatable bonds is 8. The van der Waals surface area contributed by atoms with Crippen molar-refractivity contribution in [1.29, 1.82) is 0 Å². The Kier molecular flexibility index (Phi) is 7.16. The van der Waals surface area contributed by atoms with Gasteiger partial charge in [0.1, 0.15) is 0 Å². The highest BCUT2D eigenvalue weighted by Gasteiger charge is 2.23. The van der Waals surface area contributed by atoms with Gasteiger partial charge in [-0.3, -0.25) is 9.97 Å². The molecule has 162 valence electrons. The van der Waals surface area contributed by atoms with Gasteiger partial charge in [-0.15, -0.1) is 0 Å². The van der Waals surface area contributed by atoms with Crippen molar-refractivity contribution in [3.05, 3.63) is 44.8 Å². The number of hydrogen-bond acceptors (Lipinski definition) is 2. The van der Waals surface area contributed by atoms with Crippen LogP contribution in [0.2, 0.25) is 0 Å². The van der Waals surface area contributed by atoms with Gasteiger partial charge in [-0.2, -0.15) is 0 Å². The lowest BCUT2D eigenvalue weighted by molar-refractivity contribution is 0.930. The van der Waals surface area contributed by atoms with Crippen molar-refractivity contribution in [3.63, 3.8) is 0 Å². The molecule has 3 rings (SSSR count). The van der Waals surface area contributed by atoms with Gasteiger partial charge >= 0.3 is 0 Å². The van der Waals surface area contributed by atoms with Gasteiger partial charge in [0.2, 0.25) is 0 Å². The van der Waals surface area contributed by atoms with Crippen LogP contribution in [0.25, 0.3) is 21.8 Å². The maximum absolute atomic E-state index is 5.33. The average molecular weight is 405 g/mol. The highest BCUT2D eigenvalue weighted by Crippen LogP contribution is 2.39. The molecule has 3 aromatic rings. The van der Waals surface area contributed by atoms with E-state index < -0.39 is 0 Å². The number of aryl methyl sites for hydroxylation is 6. The lowest BCUT2D eigenvalue weighted by Gasteiger charge is -2.24. The van der Waals surface area contributed by atoms with E-state index in [4.69, 9.17) is 9.97 Å². The second-order valence-corrected chi connectivity index (χ2v) is 8.26. The van der Waals surface area contributed by atoms with Crippen molar-refractivity contribution in [1.82, 2.24) is 9.97 Å². The van der Waals surface area contributed by atoms with Crippen molar-refractivity contribution in [2.24, 2.45) is 0 Å². The zero-order valence-corrected chi connectivity index (χ0v) is 20.6. The minimum absolute atomic E-state index is 0.985. The molecule has 0 aliphatic carbocycles. The van der Waals surface area contributed by atoms with Crippen molar-refractivity contribution in [3.8, 4) is 0 Å². The van der Waals surface area contributed by atoms with Gasteiger partial charge in [-0.25, -0.2) is 0 Å². The maximum Gasteiger partial charge on any atom is 0.0974 e. The number of fused-ring (bicyclic) bond motifs is 3. The molecule has 0 saturated heterocycles. The Morgan fingerprint density at radius 3 is 0.867 bits per heavy atom. The number of hydrogen-bond donors (Lipinski definition) is 0. The predicted octanol–water partition coefficient (Wildman–Crippen LogP) is 7.28. The molecule has 0 saturated carbocycles. The second kappa shape index (κ2) is 9.45. The second-order valence-electron chi connectivity index (χ2n) is 8.26. The van der Waals surface area contributed by atoms with Gasteiger partial charge < -0.3 is 0 Å². The summed E-state index contributed by atoms with van der Waals surface area (Å²) in [7, 11) is 0. The molecule has 0 spiro atoms. The first-order valence-corrected chi connectivity index (χ1v) is 12.4. The highest BCUT2D eigenvalue weighted by atomic mass is 14.8. The third kappa shape index (κ3) is 3.33. The van der Waals surface area contributed by atoms with Gasteiger partial charge in [0.25, 0.3) is 0 Å². The monoisotopic (exact) mass is 404 g/mol. The molecule has 0 amide bonds. The van der Waals surface area contributed by atoms with Crippen LogP contribution in [-0.2, 0) is 51.4 Å². The molecule has 30 heavy (non-hydrogen) atoms. The maximum atomic E-state index is 5.33. The molecule has 0 aliphatic heterocycles. The molecule has 0 aliphatic rings. The smallest absolute Gasteiger partial charge is 0.0974 e. The summed E-state index contributed by atoms with van der Waals surface area (Å²) >= 11 is 0. The first kappa shape index (κ1) is 22.7. The molecule has 0 radical (unpaired) electrons. The molecule has 2 heterocycles.